The molecule has 0 fully saturated rings. The van der Waals surface area contributed by atoms with Crippen molar-refractivity contribution in [3.05, 3.63) is 23.5 Å². The lowest BCUT2D eigenvalue weighted by Gasteiger charge is -2.24. The lowest BCUT2D eigenvalue weighted by Crippen LogP contribution is -2.26. The van der Waals surface area contributed by atoms with Gasteiger partial charge >= 0.3 is 0 Å². The summed E-state index contributed by atoms with van der Waals surface area (Å²) in [5.41, 5.74) is 0.972. The molecular formula is C14H17FN2O2. The number of carbonyl (C=O) groups excluding carboxylic acids is 2. The summed E-state index contributed by atoms with van der Waals surface area (Å²) in [5, 5.41) is 2.47. The van der Waals surface area contributed by atoms with Crippen molar-refractivity contribution in [2.24, 2.45) is 0 Å². The number of fused-ring (bicyclic) bond motifs is 1. The van der Waals surface area contributed by atoms with E-state index >= 15 is 0 Å². The summed E-state index contributed by atoms with van der Waals surface area (Å²) >= 11 is 0. The third-order valence-electron chi connectivity index (χ3n) is 3.11. The molecule has 0 unspecified atom stereocenters. The third-order valence-corrected chi connectivity index (χ3v) is 3.11. The van der Waals surface area contributed by atoms with Crippen LogP contribution in [-0.2, 0) is 4.79 Å². The maximum absolute atomic E-state index is 14.1. The highest BCUT2D eigenvalue weighted by Gasteiger charge is 2.30. The summed E-state index contributed by atoms with van der Waals surface area (Å²) in [4.78, 5) is 24.7. The van der Waals surface area contributed by atoms with Crippen molar-refractivity contribution in [2.45, 2.75) is 26.7 Å². The normalized spacial score (nSPS) is 13.4. The lowest BCUT2D eigenvalue weighted by molar-refractivity contribution is -0.112. The number of amides is 1. The quantitative estimate of drug-likeness (QED) is 0.832. The maximum Gasteiger partial charge on any atom is 0.296 e. The van der Waals surface area contributed by atoms with Gasteiger partial charge in [0.05, 0.1) is 16.9 Å². The Bertz CT molecular complexity index is 522. The van der Waals surface area contributed by atoms with Crippen LogP contribution >= 0.6 is 0 Å². The molecule has 5 heteroatoms. The van der Waals surface area contributed by atoms with Crippen molar-refractivity contribution in [1.29, 1.82) is 0 Å². The van der Waals surface area contributed by atoms with Gasteiger partial charge in [0.1, 0.15) is 5.82 Å². The van der Waals surface area contributed by atoms with Crippen molar-refractivity contribution in [3.63, 3.8) is 0 Å². The number of nitrogens with zero attached hydrogens (tertiary/aromatic N) is 1. The number of hydrogen-bond donors (Lipinski definition) is 1. The monoisotopic (exact) mass is 264 g/mol. The molecule has 0 saturated heterocycles. The molecule has 0 aliphatic carbocycles. The summed E-state index contributed by atoms with van der Waals surface area (Å²) < 4.78 is 14.1. The van der Waals surface area contributed by atoms with Crippen LogP contribution in [0.15, 0.2) is 12.1 Å². The first kappa shape index (κ1) is 13.5. The summed E-state index contributed by atoms with van der Waals surface area (Å²) in [6, 6.07) is 2.71. The zero-order chi connectivity index (χ0) is 14.0. The number of hydrogen-bond acceptors (Lipinski definition) is 3. The molecule has 102 valence electrons. The first-order chi connectivity index (χ1) is 9.08. The fourth-order valence-corrected chi connectivity index (χ4v) is 2.29. The molecule has 1 aliphatic heterocycles. The van der Waals surface area contributed by atoms with Crippen molar-refractivity contribution in [1.82, 2.24) is 0 Å². The van der Waals surface area contributed by atoms with Gasteiger partial charge in [0, 0.05) is 13.1 Å². The second kappa shape index (κ2) is 5.38. The van der Waals surface area contributed by atoms with E-state index in [0.29, 0.717) is 11.4 Å². The summed E-state index contributed by atoms with van der Waals surface area (Å²) in [5.74, 6) is -1.81. The number of rotatable bonds is 5. The van der Waals surface area contributed by atoms with Crippen LogP contribution in [0.3, 0.4) is 0 Å². The average Bonchev–Trinajstić information content (AvgIpc) is 2.64. The van der Waals surface area contributed by atoms with Crippen LogP contribution < -0.4 is 10.2 Å². The number of ketones is 1. The van der Waals surface area contributed by atoms with Gasteiger partial charge in [-0.25, -0.2) is 4.39 Å². The fourth-order valence-electron chi connectivity index (χ4n) is 2.29. The van der Waals surface area contributed by atoms with Crippen LogP contribution in [0.4, 0.5) is 15.8 Å². The van der Waals surface area contributed by atoms with E-state index in [1.165, 1.54) is 0 Å². The van der Waals surface area contributed by atoms with E-state index in [9.17, 15) is 14.0 Å². The van der Waals surface area contributed by atoms with Crippen LogP contribution in [0.5, 0.6) is 0 Å². The lowest BCUT2D eigenvalue weighted by atomic mass is 10.1. The number of halogens is 1. The first-order valence-electron chi connectivity index (χ1n) is 6.52. The van der Waals surface area contributed by atoms with E-state index in [-0.39, 0.29) is 5.56 Å². The van der Waals surface area contributed by atoms with Crippen LogP contribution in [0, 0.1) is 5.82 Å². The van der Waals surface area contributed by atoms with E-state index < -0.39 is 17.5 Å². The Kier molecular flexibility index (Phi) is 3.83. The molecule has 1 N–H and O–H groups in total. The topological polar surface area (TPSA) is 49.4 Å². The second-order valence-corrected chi connectivity index (χ2v) is 4.62. The highest BCUT2D eigenvalue weighted by atomic mass is 19.1. The molecule has 1 aromatic carbocycles. The Balaban J connectivity index is 2.40. The number of nitrogens with one attached hydrogen (secondary N) is 1. The Labute approximate surface area is 111 Å². The minimum Gasteiger partial charge on any atom is -0.369 e. The molecule has 2 rings (SSSR count). The van der Waals surface area contributed by atoms with Crippen LogP contribution in [0.2, 0.25) is 0 Å². The minimum absolute atomic E-state index is 0.124. The van der Waals surface area contributed by atoms with Crippen LogP contribution in [-0.4, -0.2) is 24.8 Å². The van der Waals surface area contributed by atoms with Gasteiger partial charge in [-0.05, 0) is 25.0 Å². The Hall–Kier alpha value is -1.91. The average molecular weight is 264 g/mol. The Morgan fingerprint density at radius 3 is 2.37 bits per heavy atom. The van der Waals surface area contributed by atoms with Crippen molar-refractivity contribution >= 4 is 23.1 Å². The maximum atomic E-state index is 14.1. The molecule has 0 atom stereocenters. The summed E-state index contributed by atoms with van der Waals surface area (Å²) in [6.45, 7) is 5.54. The van der Waals surface area contributed by atoms with Gasteiger partial charge in [-0.1, -0.05) is 13.8 Å². The molecule has 1 heterocycles. The number of carbonyl (C=O) groups is 2. The molecule has 0 radical (unpaired) electrons. The molecule has 1 amide bonds. The predicted octanol–water partition coefficient (Wildman–Crippen LogP) is 2.59. The zero-order valence-electron chi connectivity index (χ0n) is 11.1. The molecule has 0 bridgehead atoms. The van der Waals surface area contributed by atoms with Gasteiger partial charge in [-0.15, -0.1) is 0 Å². The van der Waals surface area contributed by atoms with Gasteiger partial charge < -0.3 is 10.2 Å². The second-order valence-electron chi connectivity index (χ2n) is 4.62. The minimum atomic E-state index is -0.691. The van der Waals surface area contributed by atoms with Gasteiger partial charge in [0.25, 0.3) is 11.7 Å². The largest absolute Gasteiger partial charge is 0.369 e. The van der Waals surface area contributed by atoms with E-state index in [1.54, 1.807) is 6.07 Å². The van der Waals surface area contributed by atoms with E-state index in [2.05, 4.69) is 5.32 Å². The molecule has 1 aromatic rings. The number of benzene rings is 1. The molecule has 19 heavy (non-hydrogen) atoms. The molecule has 0 spiro atoms. The van der Waals surface area contributed by atoms with Gasteiger partial charge in [-0.3, -0.25) is 9.59 Å². The van der Waals surface area contributed by atoms with Crippen LogP contribution in [0.25, 0.3) is 0 Å². The molecule has 4 nitrogen and oxygen atoms in total. The van der Waals surface area contributed by atoms with Crippen molar-refractivity contribution < 1.29 is 14.0 Å². The van der Waals surface area contributed by atoms with E-state index in [0.717, 1.165) is 32.0 Å². The molecule has 0 saturated carbocycles. The summed E-state index contributed by atoms with van der Waals surface area (Å²) in [6.07, 6.45) is 1.81. The molecular weight excluding hydrogens is 247 g/mol. The molecule has 0 aromatic heterocycles. The van der Waals surface area contributed by atoms with Crippen molar-refractivity contribution in [2.75, 3.05) is 23.3 Å². The van der Waals surface area contributed by atoms with Gasteiger partial charge in [0.2, 0.25) is 0 Å². The van der Waals surface area contributed by atoms with E-state index in [1.807, 2.05) is 18.7 Å². The number of Topliss-reactive ketones (excluding diaryl/α,β-unsaturated/α-hetero) is 1. The van der Waals surface area contributed by atoms with Gasteiger partial charge in [-0.2, -0.15) is 0 Å². The Morgan fingerprint density at radius 2 is 1.79 bits per heavy atom. The number of anilines is 2. The fraction of sp³-hybridized carbons (Fsp3) is 0.429. The van der Waals surface area contributed by atoms with E-state index in [4.69, 9.17) is 0 Å². The highest BCUT2D eigenvalue weighted by Crippen LogP contribution is 2.31. The zero-order valence-corrected chi connectivity index (χ0v) is 11.1. The smallest absolute Gasteiger partial charge is 0.296 e. The van der Waals surface area contributed by atoms with Crippen molar-refractivity contribution in [3.8, 4) is 0 Å². The SMILES string of the molecule is CCCN(CCC)c1cc2c(cc1F)C(=O)C(=O)N2. The summed E-state index contributed by atoms with van der Waals surface area (Å²) in [7, 11) is 0. The third kappa shape index (κ3) is 2.45. The van der Waals surface area contributed by atoms with Crippen LogP contribution in [0.1, 0.15) is 37.0 Å². The Morgan fingerprint density at radius 1 is 1.16 bits per heavy atom. The molecule has 1 aliphatic rings. The first-order valence-corrected chi connectivity index (χ1v) is 6.52. The highest BCUT2D eigenvalue weighted by molar-refractivity contribution is 6.51. The predicted molar refractivity (Wildman–Crippen MR) is 72.2 cm³/mol. The standard InChI is InChI=1S/C14H17FN2O2/c1-3-5-17(6-4-2)12-8-11-9(7-10(12)15)13(18)14(19)16-11/h7-8H,3-6H2,1-2H3,(H,16,18,19). The van der Waals surface area contributed by atoms with Gasteiger partial charge in [0.15, 0.2) is 0 Å².